The van der Waals surface area contributed by atoms with Crippen LogP contribution in [0.5, 0.6) is 0 Å². The lowest BCUT2D eigenvalue weighted by Gasteiger charge is -2.26. The molecule has 0 radical (unpaired) electrons. The van der Waals surface area contributed by atoms with Gasteiger partial charge in [0.05, 0.1) is 0 Å². The van der Waals surface area contributed by atoms with Gasteiger partial charge in [0.25, 0.3) is 0 Å². The van der Waals surface area contributed by atoms with E-state index in [1.165, 1.54) is 146 Å². The summed E-state index contributed by atoms with van der Waals surface area (Å²) < 4.78 is 0. The Labute approximate surface area is 232 Å². The molecule has 0 bridgehead atoms. The lowest BCUT2D eigenvalue weighted by atomic mass is 9.79. The Kier molecular flexibility index (Phi) is 17.0. The number of benzene rings is 1. The van der Waals surface area contributed by atoms with E-state index in [9.17, 15) is 0 Å². The molecule has 0 saturated heterocycles. The zero-order valence-corrected chi connectivity index (χ0v) is 25.4. The van der Waals surface area contributed by atoms with Crippen LogP contribution < -0.4 is 0 Å². The van der Waals surface area contributed by atoms with E-state index in [0.29, 0.717) is 11.8 Å². The zero-order chi connectivity index (χ0) is 26.7. The molecule has 1 saturated carbocycles. The van der Waals surface area contributed by atoms with Gasteiger partial charge in [-0.2, -0.15) is 0 Å². The van der Waals surface area contributed by atoms with Crippen LogP contribution in [0.1, 0.15) is 172 Å². The monoisotopic (exact) mass is 506 g/mol. The van der Waals surface area contributed by atoms with Gasteiger partial charge in [-0.1, -0.05) is 160 Å². The molecule has 1 aromatic rings. The summed E-state index contributed by atoms with van der Waals surface area (Å²) in [7, 11) is 0. The van der Waals surface area contributed by atoms with E-state index in [4.69, 9.17) is 0 Å². The van der Waals surface area contributed by atoms with Crippen molar-refractivity contribution in [3.8, 4) is 0 Å². The van der Waals surface area contributed by atoms with Gasteiger partial charge < -0.3 is 0 Å². The van der Waals surface area contributed by atoms with Gasteiger partial charge in [0.1, 0.15) is 0 Å². The van der Waals surface area contributed by atoms with E-state index in [0.717, 1.165) is 6.42 Å². The fraction of sp³-hybridized carbons (Fsp3) is 0.730. The highest BCUT2D eigenvalue weighted by molar-refractivity contribution is 5.35. The van der Waals surface area contributed by atoms with E-state index in [1.54, 1.807) is 16.7 Å². The van der Waals surface area contributed by atoms with Crippen molar-refractivity contribution in [2.45, 2.75) is 168 Å². The summed E-state index contributed by atoms with van der Waals surface area (Å²) in [5, 5.41) is 0. The zero-order valence-electron chi connectivity index (χ0n) is 25.4. The Morgan fingerprint density at radius 3 is 1.78 bits per heavy atom. The maximum Gasteiger partial charge on any atom is -0.0111 e. The molecule has 2 rings (SSSR count). The molecule has 1 unspecified atom stereocenters. The Bertz CT molecular complexity index is 751. The van der Waals surface area contributed by atoms with Crippen LogP contribution in [0, 0.1) is 5.92 Å². The van der Waals surface area contributed by atoms with Crippen LogP contribution in [0.2, 0.25) is 0 Å². The van der Waals surface area contributed by atoms with Gasteiger partial charge in [-0.05, 0) is 73.5 Å². The number of unbranched alkanes of at least 4 members (excludes halogenated alkanes) is 15. The third-order valence-corrected chi connectivity index (χ3v) is 8.81. The smallest absolute Gasteiger partial charge is 0.0111 e. The normalized spacial score (nSPS) is 16.2. The van der Waals surface area contributed by atoms with Gasteiger partial charge in [0.15, 0.2) is 0 Å². The Morgan fingerprint density at radius 2 is 1.27 bits per heavy atom. The topological polar surface area (TPSA) is 0 Å². The molecule has 0 heterocycles. The molecule has 0 nitrogen and oxygen atoms in total. The average Bonchev–Trinajstić information content (AvgIpc) is 2.88. The summed E-state index contributed by atoms with van der Waals surface area (Å²) in [5.74, 6) is 1.30. The van der Waals surface area contributed by atoms with Crippen molar-refractivity contribution in [3.63, 3.8) is 0 Å². The first-order valence-electron chi connectivity index (χ1n) is 16.5. The van der Waals surface area contributed by atoms with E-state index < -0.39 is 0 Å². The van der Waals surface area contributed by atoms with Gasteiger partial charge in [-0.3, -0.25) is 0 Å². The minimum Gasteiger partial charge on any atom is -0.0995 e. The highest BCUT2D eigenvalue weighted by Crippen LogP contribution is 2.35. The Hall–Kier alpha value is -1.30. The first kappa shape index (κ1) is 31.9. The second kappa shape index (κ2) is 19.7. The van der Waals surface area contributed by atoms with Crippen molar-refractivity contribution >= 4 is 0 Å². The van der Waals surface area contributed by atoms with Crippen LogP contribution >= 0.6 is 0 Å². The molecule has 1 fully saturated rings. The maximum absolute atomic E-state index is 4.36. The lowest BCUT2D eigenvalue weighted by Crippen LogP contribution is -2.12. The van der Waals surface area contributed by atoms with Crippen LogP contribution in [0.25, 0.3) is 0 Å². The number of rotatable bonds is 21. The fourth-order valence-electron chi connectivity index (χ4n) is 6.26. The summed E-state index contributed by atoms with van der Waals surface area (Å²) in [6.45, 7) is 15.6. The number of hydrogen-bond donors (Lipinski definition) is 0. The second-order valence-corrected chi connectivity index (χ2v) is 12.6. The molecule has 0 N–H and O–H groups in total. The van der Waals surface area contributed by atoms with Gasteiger partial charge in [-0.15, -0.1) is 0 Å². The van der Waals surface area contributed by atoms with Crippen LogP contribution in [-0.4, -0.2) is 0 Å². The van der Waals surface area contributed by atoms with Crippen molar-refractivity contribution in [1.29, 1.82) is 0 Å². The molecule has 0 aromatic heterocycles. The third-order valence-electron chi connectivity index (χ3n) is 8.81. The summed E-state index contributed by atoms with van der Waals surface area (Å²) in [5.41, 5.74) is 7.50. The molecule has 1 aliphatic carbocycles. The first-order chi connectivity index (χ1) is 18.0. The number of hydrogen-bond acceptors (Lipinski definition) is 0. The Balaban J connectivity index is 1.53. The van der Waals surface area contributed by atoms with Crippen molar-refractivity contribution < 1.29 is 0 Å². The van der Waals surface area contributed by atoms with Crippen LogP contribution in [0.15, 0.2) is 42.5 Å². The highest BCUT2D eigenvalue weighted by atomic mass is 14.2. The Morgan fingerprint density at radius 1 is 0.730 bits per heavy atom. The summed E-state index contributed by atoms with van der Waals surface area (Å²) in [6, 6.07) is 7.40. The van der Waals surface area contributed by atoms with Crippen molar-refractivity contribution in [2.24, 2.45) is 5.92 Å². The molecular weight excluding hydrogens is 444 g/mol. The number of allylic oxidation sites excluding steroid dienone is 2. The predicted octanol–water partition coefficient (Wildman–Crippen LogP) is 12.5. The van der Waals surface area contributed by atoms with Gasteiger partial charge in [-0.25, -0.2) is 0 Å². The van der Waals surface area contributed by atoms with Crippen molar-refractivity contribution in [3.05, 3.63) is 59.2 Å². The third kappa shape index (κ3) is 13.9. The van der Waals surface area contributed by atoms with Gasteiger partial charge in [0.2, 0.25) is 0 Å². The van der Waals surface area contributed by atoms with Crippen LogP contribution in [0.4, 0.5) is 0 Å². The maximum atomic E-state index is 4.36. The second-order valence-electron chi connectivity index (χ2n) is 12.6. The van der Waals surface area contributed by atoms with Crippen LogP contribution in [-0.2, 0) is 12.8 Å². The van der Waals surface area contributed by atoms with E-state index in [1.807, 2.05) is 0 Å². The standard InChI is InChI=1S/C37H62/c1-6-7-8-9-10-11-12-13-14-15-16-17-18-19-20-21-22-34-24-26-36(37(30-34)31(2)3)28-27-35-25-23-32(4)29-33(35)5/h24,26,30-31,35H,4-23,25,27-29H2,1-3H3. The highest BCUT2D eigenvalue weighted by Gasteiger charge is 2.19. The molecule has 0 amide bonds. The van der Waals surface area contributed by atoms with E-state index in [-0.39, 0.29) is 0 Å². The summed E-state index contributed by atoms with van der Waals surface area (Å²) in [4.78, 5) is 0. The van der Waals surface area contributed by atoms with Gasteiger partial charge >= 0.3 is 0 Å². The summed E-state index contributed by atoms with van der Waals surface area (Å²) >= 11 is 0. The van der Waals surface area contributed by atoms with E-state index >= 15 is 0 Å². The minimum atomic E-state index is 0.607. The lowest BCUT2D eigenvalue weighted by molar-refractivity contribution is 0.477. The molecule has 1 aromatic carbocycles. The molecule has 0 heteroatoms. The molecule has 1 atom stereocenters. The molecule has 0 aliphatic heterocycles. The quantitative estimate of drug-likeness (QED) is 0.115. The minimum absolute atomic E-state index is 0.607. The van der Waals surface area contributed by atoms with Crippen molar-refractivity contribution in [2.75, 3.05) is 0 Å². The molecule has 1 aliphatic rings. The van der Waals surface area contributed by atoms with Crippen LogP contribution in [0.3, 0.4) is 0 Å². The summed E-state index contributed by atoms with van der Waals surface area (Å²) in [6.07, 6.45) is 30.2. The average molecular weight is 507 g/mol. The molecule has 0 spiro atoms. The predicted molar refractivity (Wildman–Crippen MR) is 168 cm³/mol. The number of aryl methyl sites for hydroxylation is 2. The molecular formula is C37H62. The molecule has 37 heavy (non-hydrogen) atoms. The SMILES string of the molecule is C=C1CCC(CCc2ccc(CCCCCCCCCCCCCCCCCC)cc2C(C)C)C(=C)C1. The molecule has 210 valence electrons. The van der Waals surface area contributed by atoms with Gasteiger partial charge in [0, 0.05) is 0 Å². The van der Waals surface area contributed by atoms with Crippen molar-refractivity contribution in [1.82, 2.24) is 0 Å². The largest absolute Gasteiger partial charge is 0.0995 e. The fourth-order valence-corrected chi connectivity index (χ4v) is 6.26. The van der Waals surface area contributed by atoms with E-state index in [2.05, 4.69) is 52.1 Å². The first-order valence-corrected chi connectivity index (χ1v) is 16.5.